The summed E-state index contributed by atoms with van der Waals surface area (Å²) in [6.07, 6.45) is -0.306. The van der Waals surface area contributed by atoms with Crippen LogP contribution in [-0.2, 0) is 30.6 Å². The molecule has 0 saturated heterocycles. The molecule has 0 radical (unpaired) electrons. The van der Waals surface area contributed by atoms with Gasteiger partial charge in [-0.1, -0.05) is 77.9 Å². The van der Waals surface area contributed by atoms with Gasteiger partial charge >= 0.3 is 0 Å². The maximum absolute atomic E-state index is 13.6. The van der Waals surface area contributed by atoms with Crippen molar-refractivity contribution in [2.24, 2.45) is 4.99 Å². The summed E-state index contributed by atoms with van der Waals surface area (Å²) in [7, 11) is -2.18. The van der Waals surface area contributed by atoms with Gasteiger partial charge in [-0.3, -0.25) is 0 Å². The third kappa shape index (κ3) is 6.09. The number of hydrogen-bond donors (Lipinski definition) is 1. The molecule has 1 heterocycles. The Balaban J connectivity index is 1.57. The normalized spacial score (nSPS) is 17.9. The van der Waals surface area contributed by atoms with E-state index in [1.165, 1.54) is 0 Å². The third-order valence-corrected chi connectivity index (χ3v) is 10.4. The zero-order valence-electron chi connectivity index (χ0n) is 22.1. The van der Waals surface area contributed by atoms with Crippen LogP contribution in [-0.4, -0.2) is 34.1 Å². The average Bonchev–Trinajstić information content (AvgIpc) is 3.37. The van der Waals surface area contributed by atoms with Gasteiger partial charge in [-0.2, -0.15) is 0 Å². The van der Waals surface area contributed by atoms with Crippen LogP contribution in [0.25, 0.3) is 0 Å². The van der Waals surface area contributed by atoms with Gasteiger partial charge < -0.3 is 9.47 Å². The van der Waals surface area contributed by atoms with Crippen molar-refractivity contribution in [3.8, 4) is 0 Å². The van der Waals surface area contributed by atoms with E-state index in [4.69, 9.17) is 14.5 Å². The van der Waals surface area contributed by atoms with E-state index in [1.54, 1.807) is 31.4 Å². The molecule has 0 bridgehead atoms. The molecule has 1 unspecified atom stereocenters. The first-order valence-electron chi connectivity index (χ1n) is 12.6. The largest absolute Gasteiger partial charge is 0.467 e. The maximum Gasteiger partial charge on any atom is 0.280 e. The number of ether oxygens (including phenoxy) is 2. The molecule has 1 N–H and O–H groups in total. The fraction of sp³-hybridized carbons (Fsp3) is 0.194. The summed E-state index contributed by atoms with van der Waals surface area (Å²) in [4.78, 5) is 6.76. The number of nitrogens with one attached hydrogen (secondary N) is 1. The average molecular weight is 560 g/mol. The summed E-state index contributed by atoms with van der Waals surface area (Å²) in [5.74, 6) is 0.473. The van der Waals surface area contributed by atoms with Crippen LogP contribution in [0, 0.1) is 13.8 Å². The predicted octanol–water partition coefficient (Wildman–Crippen LogP) is 5.77. The second-order valence-electron chi connectivity index (χ2n) is 9.42. The van der Waals surface area contributed by atoms with Gasteiger partial charge in [-0.25, -0.2) is 13.4 Å². The van der Waals surface area contributed by atoms with Gasteiger partial charge in [0.05, 0.1) is 17.1 Å². The summed E-state index contributed by atoms with van der Waals surface area (Å²) < 4.78 is 42.1. The van der Waals surface area contributed by atoms with Crippen LogP contribution in [0.5, 0.6) is 0 Å². The van der Waals surface area contributed by atoms with Gasteiger partial charge in [-0.05, 0) is 59.9 Å². The van der Waals surface area contributed by atoms with Gasteiger partial charge in [0, 0.05) is 7.11 Å². The highest BCUT2D eigenvalue weighted by atomic mass is 32.3. The first kappa shape index (κ1) is 27.1. The zero-order valence-corrected chi connectivity index (χ0v) is 23.7. The van der Waals surface area contributed by atoms with Gasteiger partial charge in [0.25, 0.3) is 10.0 Å². The van der Waals surface area contributed by atoms with Crippen LogP contribution >= 0.6 is 0 Å². The lowest BCUT2D eigenvalue weighted by Crippen LogP contribution is -2.32. The van der Waals surface area contributed by atoms with Crippen molar-refractivity contribution < 1.29 is 17.9 Å². The SMILES string of the molecule is COC[C@@H]1N=C(c2ccccc2[S+](NS(=O)(=O)c2ccc(C)cc2)c2ccc(C)cc2)O[C@H]1c1ccccc1. The quantitative estimate of drug-likeness (QED) is 0.264. The van der Waals surface area contributed by atoms with Gasteiger partial charge in [0.15, 0.2) is 27.0 Å². The minimum atomic E-state index is -3.83. The molecule has 3 atom stereocenters. The molecule has 39 heavy (non-hydrogen) atoms. The highest BCUT2D eigenvalue weighted by Crippen LogP contribution is 2.34. The van der Waals surface area contributed by atoms with Gasteiger partial charge in [-0.15, -0.1) is 0 Å². The van der Waals surface area contributed by atoms with Gasteiger partial charge in [0.2, 0.25) is 5.90 Å². The van der Waals surface area contributed by atoms with Crippen molar-refractivity contribution >= 4 is 27.0 Å². The van der Waals surface area contributed by atoms with Crippen molar-refractivity contribution in [3.63, 3.8) is 0 Å². The molecule has 6 nitrogen and oxygen atoms in total. The molecule has 0 amide bonds. The lowest BCUT2D eigenvalue weighted by molar-refractivity contribution is 0.120. The molecular formula is C31H31N2O4S2+. The monoisotopic (exact) mass is 559 g/mol. The van der Waals surface area contributed by atoms with Crippen molar-refractivity contribution in [1.82, 2.24) is 4.13 Å². The topological polar surface area (TPSA) is 77.0 Å². The molecule has 0 aliphatic carbocycles. The molecule has 1 aliphatic heterocycles. The summed E-state index contributed by atoms with van der Waals surface area (Å²) in [6, 6.07) is 32.2. The molecule has 5 rings (SSSR count). The number of sulfonamides is 1. The first-order chi connectivity index (χ1) is 18.9. The van der Waals surface area contributed by atoms with E-state index in [1.807, 2.05) is 92.7 Å². The van der Waals surface area contributed by atoms with Crippen LogP contribution in [0.3, 0.4) is 0 Å². The van der Waals surface area contributed by atoms with Crippen molar-refractivity contribution in [2.75, 3.05) is 13.7 Å². The molecule has 0 aromatic heterocycles. The van der Waals surface area contributed by atoms with E-state index >= 15 is 0 Å². The Kier molecular flexibility index (Phi) is 8.18. The second-order valence-corrected chi connectivity index (χ2v) is 13.1. The van der Waals surface area contributed by atoms with E-state index in [0.29, 0.717) is 12.5 Å². The highest BCUT2D eigenvalue weighted by Gasteiger charge is 2.39. The van der Waals surface area contributed by atoms with E-state index in [2.05, 4.69) is 4.13 Å². The number of aryl methyl sites for hydroxylation is 2. The number of hydrogen-bond acceptors (Lipinski definition) is 5. The van der Waals surface area contributed by atoms with Crippen LogP contribution < -0.4 is 4.13 Å². The first-order valence-corrected chi connectivity index (χ1v) is 15.3. The Morgan fingerprint density at radius 3 is 2.13 bits per heavy atom. The Labute approximate surface area is 233 Å². The highest BCUT2D eigenvalue weighted by molar-refractivity contribution is 8.07. The fourth-order valence-electron chi connectivity index (χ4n) is 4.40. The predicted molar refractivity (Wildman–Crippen MR) is 155 cm³/mol. The number of benzene rings is 4. The van der Waals surface area contributed by atoms with Crippen molar-refractivity contribution in [1.29, 1.82) is 0 Å². The van der Waals surface area contributed by atoms with E-state index in [9.17, 15) is 8.42 Å². The summed E-state index contributed by atoms with van der Waals surface area (Å²) in [5, 5.41) is 0. The molecule has 0 spiro atoms. The zero-order chi connectivity index (χ0) is 27.4. The molecular weight excluding hydrogens is 528 g/mol. The molecule has 0 fully saturated rings. The van der Waals surface area contributed by atoms with Gasteiger partial charge in [0.1, 0.15) is 6.04 Å². The Morgan fingerprint density at radius 2 is 1.46 bits per heavy atom. The summed E-state index contributed by atoms with van der Waals surface area (Å²) >= 11 is -1.04. The van der Waals surface area contributed by atoms with E-state index in [0.717, 1.165) is 32.0 Å². The minimum absolute atomic E-state index is 0.217. The van der Waals surface area contributed by atoms with Crippen LogP contribution in [0.2, 0.25) is 0 Å². The lowest BCUT2D eigenvalue weighted by Gasteiger charge is -2.18. The Morgan fingerprint density at radius 1 is 0.846 bits per heavy atom. The molecule has 4 aromatic carbocycles. The fourth-order valence-corrected chi connectivity index (χ4v) is 8.15. The minimum Gasteiger partial charge on any atom is -0.467 e. The van der Waals surface area contributed by atoms with Crippen LogP contribution in [0.15, 0.2) is 123 Å². The second kappa shape index (κ2) is 11.8. The third-order valence-electron chi connectivity index (χ3n) is 6.46. The van der Waals surface area contributed by atoms with E-state index in [-0.39, 0.29) is 17.0 Å². The number of rotatable bonds is 9. The lowest BCUT2D eigenvalue weighted by atomic mass is 10.0. The van der Waals surface area contributed by atoms with Crippen LogP contribution in [0.4, 0.5) is 0 Å². The molecule has 0 saturated carbocycles. The Bertz CT molecular complexity index is 1550. The summed E-state index contributed by atoms with van der Waals surface area (Å²) in [6.45, 7) is 4.33. The molecule has 200 valence electrons. The summed E-state index contributed by atoms with van der Waals surface area (Å²) in [5.41, 5.74) is 3.83. The number of nitrogens with zero attached hydrogens (tertiary/aromatic N) is 1. The number of methoxy groups -OCH3 is 1. The molecule has 1 aliphatic rings. The Hall–Kier alpha value is -3.43. The maximum atomic E-state index is 13.6. The number of aliphatic imine (C=N–C) groups is 1. The smallest absolute Gasteiger partial charge is 0.280 e. The van der Waals surface area contributed by atoms with Crippen molar-refractivity contribution in [3.05, 3.63) is 125 Å². The standard InChI is InChI=1S/C31H31N2O4S2/c1-22-13-17-25(18-14-22)38(33-39(34,35)26-19-15-23(2)16-20-26)29-12-8-7-11-27(29)31-32-28(21-36-3)30(37-31)24-9-5-4-6-10-24/h4-20,28,30,33H,21H2,1-3H3/q+1/t28-,30-,38?/m0/s1. The molecule has 8 heteroatoms. The van der Waals surface area contributed by atoms with E-state index < -0.39 is 21.1 Å². The van der Waals surface area contributed by atoms with Crippen LogP contribution in [0.1, 0.15) is 28.4 Å². The van der Waals surface area contributed by atoms with Crippen molar-refractivity contribution in [2.45, 2.75) is 40.7 Å². The molecule has 4 aromatic rings.